The van der Waals surface area contributed by atoms with Crippen LogP contribution in [0.4, 0.5) is 0 Å². The van der Waals surface area contributed by atoms with Crippen molar-refractivity contribution in [3.05, 3.63) is 29.3 Å². The molecule has 3 nitrogen and oxygen atoms in total. The molecule has 0 radical (unpaired) electrons. The monoisotopic (exact) mass is 235 g/mol. The van der Waals surface area contributed by atoms with Crippen LogP contribution in [0.5, 0.6) is 5.75 Å². The molecule has 1 aromatic carbocycles. The Balaban J connectivity index is 1.84. The van der Waals surface area contributed by atoms with Gasteiger partial charge < -0.3 is 14.8 Å². The fourth-order valence-corrected chi connectivity index (χ4v) is 1.78. The quantitative estimate of drug-likeness (QED) is 0.582. The number of hydrogen-bond donors (Lipinski definition) is 1. The third-order valence-corrected chi connectivity index (χ3v) is 2.93. The molecule has 1 N–H and O–H groups in total. The maximum Gasteiger partial charge on any atom is 0.189 e. The molecule has 17 heavy (non-hydrogen) atoms. The standard InChI is InChI=1S/C14H21NO2/c1-11-3-6-14(13(7-11)8-15-2)17-10-16-9-12-4-5-12/h3,6-7,12,15H,4-5,8-10H2,1-2H3. The Hall–Kier alpha value is -1.06. The molecule has 0 bridgehead atoms. The number of benzene rings is 1. The van der Waals surface area contributed by atoms with Crippen molar-refractivity contribution in [3.63, 3.8) is 0 Å². The fourth-order valence-electron chi connectivity index (χ4n) is 1.78. The van der Waals surface area contributed by atoms with Gasteiger partial charge in [-0.25, -0.2) is 0 Å². The maximum atomic E-state index is 5.66. The van der Waals surface area contributed by atoms with E-state index in [-0.39, 0.29) is 0 Å². The Morgan fingerprint density at radius 2 is 2.18 bits per heavy atom. The molecule has 1 fully saturated rings. The molecule has 1 aromatic rings. The van der Waals surface area contributed by atoms with E-state index < -0.39 is 0 Å². The Morgan fingerprint density at radius 1 is 1.35 bits per heavy atom. The minimum absolute atomic E-state index is 0.357. The first kappa shape index (κ1) is 12.4. The van der Waals surface area contributed by atoms with Gasteiger partial charge in [-0.3, -0.25) is 0 Å². The van der Waals surface area contributed by atoms with Crippen molar-refractivity contribution in [2.45, 2.75) is 26.3 Å². The Bertz CT molecular complexity index is 361. The zero-order valence-corrected chi connectivity index (χ0v) is 10.7. The first-order valence-corrected chi connectivity index (χ1v) is 6.24. The number of ether oxygens (including phenoxy) is 2. The topological polar surface area (TPSA) is 30.5 Å². The summed E-state index contributed by atoms with van der Waals surface area (Å²) in [5.74, 6) is 1.70. The summed E-state index contributed by atoms with van der Waals surface area (Å²) in [5, 5.41) is 3.15. The Morgan fingerprint density at radius 3 is 2.88 bits per heavy atom. The lowest BCUT2D eigenvalue weighted by molar-refractivity contribution is 0.00942. The van der Waals surface area contributed by atoms with Crippen LogP contribution in [0.3, 0.4) is 0 Å². The largest absolute Gasteiger partial charge is 0.467 e. The summed E-state index contributed by atoms with van der Waals surface area (Å²) in [4.78, 5) is 0. The van der Waals surface area contributed by atoms with Crippen molar-refractivity contribution in [2.75, 3.05) is 20.4 Å². The van der Waals surface area contributed by atoms with E-state index in [1.807, 2.05) is 13.1 Å². The molecule has 0 amide bonds. The second kappa shape index (κ2) is 6.03. The third-order valence-electron chi connectivity index (χ3n) is 2.93. The normalized spacial score (nSPS) is 14.9. The predicted octanol–water partition coefficient (Wildman–Crippen LogP) is 2.48. The molecular weight excluding hydrogens is 214 g/mol. The van der Waals surface area contributed by atoms with Crippen LogP contribution >= 0.6 is 0 Å². The van der Waals surface area contributed by atoms with Crippen LogP contribution in [0, 0.1) is 12.8 Å². The van der Waals surface area contributed by atoms with Gasteiger partial charge in [-0.05, 0) is 38.8 Å². The van der Waals surface area contributed by atoms with Gasteiger partial charge in [-0.15, -0.1) is 0 Å². The minimum Gasteiger partial charge on any atom is -0.467 e. The number of nitrogens with one attached hydrogen (secondary N) is 1. The van der Waals surface area contributed by atoms with E-state index in [4.69, 9.17) is 9.47 Å². The van der Waals surface area contributed by atoms with Crippen LogP contribution in [-0.2, 0) is 11.3 Å². The van der Waals surface area contributed by atoms with Gasteiger partial charge in [0.25, 0.3) is 0 Å². The molecule has 0 spiro atoms. The van der Waals surface area contributed by atoms with Crippen molar-refractivity contribution in [3.8, 4) is 5.75 Å². The van der Waals surface area contributed by atoms with Crippen molar-refractivity contribution >= 4 is 0 Å². The second-order valence-electron chi connectivity index (χ2n) is 4.72. The van der Waals surface area contributed by atoms with Gasteiger partial charge in [-0.1, -0.05) is 17.7 Å². The molecule has 1 aliphatic rings. The number of aryl methyl sites for hydroxylation is 1. The number of rotatable bonds is 7. The molecular formula is C14H21NO2. The van der Waals surface area contributed by atoms with E-state index in [0.717, 1.165) is 24.8 Å². The van der Waals surface area contributed by atoms with Gasteiger partial charge >= 0.3 is 0 Å². The molecule has 0 aromatic heterocycles. The second-order valence-corrected chi connectivity index (χ2v) is 4.72. The molecule has 0 atom stereocenters. The highest BCUT2D eigenvalue weighted by atomic mass is 16.7. The number of hydrogen-bond acceptors (Lipinski definition) is 3. The summed E-state index contributed by atoms with van der Waals surface area (Å²) in [5.41, 5.74) is 2.43. The summed E-state index contributed by atoms with van der Waals surface area (Å²) < 4.78 is 11.1. The van der Waals surface area contributed by atoms with E-state index in [1.54, 1.807) is 0 Å². The molecule has 0 saturated heterocycles. The average molecular weight is 235 g/mol. The minimum atomic E-state index is 0.357. The lowest BCUT2D eigenvalue weighted by Crippen LogP contribution is -2.10. The van der Waals surface area contributed by atoms with Crippen molar-refractivity contribution in [1.82, 2.24) is 5.32 Å². The summed E-state index contributed by atoms with van der Waals surface area (Å²) in [6.45, 7) is 4.11. The van der Waals surface area contributed by atoms with Crippen LogP contribution in [0.2, 0.25) is 0 Å². The van der Waals surface area contributed by atoms with Crippen LogP contribution in [0.1, 0.15) is 24.0 Å². The van der Waals surface area contributed by atoms with Crippen molar-refractivity contribution in [1.29, 1.82) is 0 Å². The lowest BCUT2D eigenvalue weighted by Gasteiger charge is -2.12. The highest BCUT2D eigenvalue weighted by Gasteiger charge is 2.21. The van der Waals surface area contributed by atoms with E-state index in [0.29, 0.717) is 6.79 Å². The molecule has 2 rings (SSSR count). The SMILES string of the molecule is CNCc1cc(C)ccc1OCOCC1CC1. The molecule has 0 aliphatic heterocycles. The first-order chi connectivity index (χ1) is 8.29. The summed E-state index contributed by atoms with van der Waals surface area (Å²) in [7, 11) is 1.94. The van der Waals surface area contributed by atoms with Crippen molar-refractivity contribution in [2.24, 2.45) is 5.92 Å². The molecule has 1 saturated carbocycles. The molecule has 0 heterocycles. The van der Waals surface area contributed by atoms with E-state index in [9.17, 15) is 0 Å². The summed E-state index contributed by atoms with van der Waals surface area (Å²) in [6.07, 6.45) is 2.63. The smallest absolute Gasteiger partial charge is 0.189 e. The van der Waals surface area contributed by atoms with Crippen LogP contribution in [-0.4, -0.2) is 20.4 Å². The van der Waals surface area contributed by atoms with Crippen LogP contribution in [0.15, 0.2) is 18.2 Å². The summed E-state index contributed by atoms with van der Waals surface area (Å²) in [6, 6.07) is 6.23. The molecule has 94 valence electrons. The van der Waals surface area contributed by atoms with E-state index >= 15 is 0 Å². The fraction of sp³-hybridized carbons (Fsp3) is 0.571. The van der Waals surface area contributed by atoms with Gasteiger partial charge in [-0.2, -0.15) is 0 Å². The van der Waals surface area contributed by atoms with Crippen LogP contribution < -0.4 is 10.1 Å². The highest BCUT2D eigenvalue weighted by Crippen LogP contribution is 2.28. The van der Waals surface area contributed by atoms with Crippen LogP contribution in [0.25, 0.3) is 0 Å². The first-order valence-electron chi connectivity index (χ1n) is 6.24. The Kier molecular flexibility index (Phi) is 4.40. The van der Waals surface area contributed by atoms with E-state index in [2.05, 4.69) is 24.4 Å². The molecule has 0 unspecified atom stereocenters. The van der Waals surface area contributed by atoms with Gasteiger partial charge in [0.05, 0.1) is 6.61 Å². The molecule has 3 heteroatoms. The third kappa shape index (κ3) is 4.02. The van der Waals surface area contributed by atoms with Gasteiger partial charge in [0.2, 0.25) is 0 Å². The maximum absolute atomic E-state index is 5.66. The lowest BCUT2D eigenvalue weighted by atomic mass is 10.1. The van der Waals surface area contributed by atoms with Gasteiger partial charge in [0.15, 0.2) is 6.79 Å². The zero-order valence-electron chi connectivity index (χ0n) is 10.7. The zero-order chi connectivity index (χ0) is 12.1. The van der Waals surface area contributed by atoms with E-state index in [1.165, 1.54) is 24.0 Å². The summed E-state index contributed by atoms with van der Waals surface area (Å²) >= 11 is 0. The van der Waals surface area contributed by atoms with Gasteiger partial charge in [0.1, 0.15) is 5.75 Å². The highest BCUT2D eigenvalue weighted by molar-refractivity contribution is 5.36. The average Bonchev–Trinajstić information content (AvgIpc) is 3.11. The van der Waals surface area contributed by atoms with Crippen molar-refractivity contribution < 1.29 is 9.47 Å². The predicted molar refractivity (Wildman–Crippen MR) is 68.1 cm³/mol. The Labute approximate surface area is 103 Å². The molecule has 1 aliphatic carbocycles. The van der Waals surface area contributed by atoms with Gasteiger partial charge in [0, 0.05) is 12.1 Å².